The number of thiazole rings is 1. The third-order valence-corrected chi connectivity index (χ3v) is 3.85. The quantitative estimate of drug-likeness (QED) is 0.926. The van der Waals surface area contributed by atoms with Gasteiger partial charge in [0.2, 0.25) is 0 Å². The van der Waals surface area contributed by atoms with Gasteiger partial charge < -0.3 is 14.0 Å². The first-order valence-corrected chi connectivity index (χ1v) is 6.33. The lowest BCUT2D eigenvalue weighted by molar-refractivity contribution is 0.404. The number of aromatic nitrogens is 1. The van der Waals surface area contributed by atoms with Gasteiger partial charge in [-0.15, -0.1) is 11.3 Å². The van der Waals surface area contributed by atoms with E-state index in [0.717, 1.165) is 27.6 Å². The van der Waals surface area contributed by atoms with Crippen molar-refractivity contribution in [2.24, 2.45) is 7.05 Å². The van der Waals surface area contributed by atoms with Crippen molar-refractivity contribution in [1.82, 2.24) is 4.57 Å². The molecule has 18 heavy (non-hydrogen) atoms. The average Bonchev–Trinajstić information content (AvgIpc) is 2.62. The number of hydrogen-bond donors (Lipinski definition) is 1. The summed E-state index contributed by atoms with van der Waals surface area (Å²) in [5, 5.41) is 7.87. The molecule has 0 bridgehead atoms. The van der Waals surface area contributed by atoms with Gasteiger partial charge in [0.15, 0.2) is 4.80 Å². The molecule has 1 heterocycles. The van der Waals surface area contributed by atoms with E-state index in [2.05, 4.69) is 0 Å². The van der Waals surface area contributed by atoms with Crippen molar-refractivity contribution in [2.45, 2.75) is 6.92 Å². The fourth-order valence-electron chi connectivity index (χ4n) is 1.97. The second-order valence-corrected chi connectivity index (χ2v) is 5.14. The minimum absolute atomic E-state index is 0.521. The van der Waals surface area contributed by atoms with Gasteiger partial charge in [0.05, 0.1) is 19.9 Å². The van der Waals surface area contributed by atoms with Gasteiger partial charge in [-0.25, -0.2) is 0 Å². The van der Waals surface area contributed by atoms with Gasteiger partial charge in [0, 0.05) is 17.5 Å². The summed E-state index contributed by atoms with van der Waals surface area (Å²) in [5.74, 6) is 1.57. The summed E-state index contributed by atoms with van der Waals surface area (Å²) in [6.07, 6.45) is 0. The Bertz CT molecular complexity index is 628. The standard InChI is InChI=1S/C13H16N2O2S/c1-8-12(15(2)13(14)18-8)10-7-9(16-3)5-6-11(10)17-4/h5-7,14H,1-4H3. The van der Waals surface area contributed by atoms with E-state index in [1.54, 1.807) is 14.2 Å². The zero-order chi connectivity index (χ0) is 13.3. The van der Waals surface area contributed by atoms with E-state index in [1.807, 2.05) is 36.7 Å². The molecule has 1 N–H and O–H groups in total. The van der Waals surface area contributed by atoms with E-state index in [9.17, 15) is 0 Å². The summed E-state index contributed by atoms with van der Waals surface area (Å²) in [6.45, 7) is 2.01. The van der Waals surface area contributed by atoms with E-state index in [1.165, 1.54) is 11.3 Å². The molecule has 0 fully saturated rings. The Hall–Kier alpha value is -1.75. The van der Waals surface area contributed by atoms with E-state index in [0.29, 0.717) is 4.80 Å². The number of hydrogen-bond acceptors (Lipinski definition) is 4. The number of ether oxygens (including phenoxy) is 2. The highest BCUT2D eigenvalue weighted by atomic mass is 32.1. The zero-order valence-corrected chi connectivity index (χ0v) is 11.7. The fraction of sp³-hybridized carbons (Fsp3) is 0.308. The number of rotatable bonds is 3. The molecule has 5 heteroatoms. The Kier molecular flexibility index (Phi) is 3.43. The molecule has 0 aliphatic rings. The third-order valence-electron chi connectivity index (χ3n) is 2.89. The first-order chi connectivity index (χ1) is 8.58. The summed E-state index contributed by atoms with van der Waals surface area (Å²) in [5.41, 5.74) is 1.95. The minimum atomic E-state index is 0.521. The topological polar surface area (TPSA) is 47.2 Å². The van der Waals surface area contributed by atoms with Crippen LogP contribution in [0.4, 0.5) is 0 Å². The minimum Gasteiger partial charge on any atom is -0.497 e. The highest BCUT2D eigenvalue weighted by molar-refractivity contribution is 7.09. The maximum atomic E-state index is 7.87. The Balaban J connectivity index is 2.72. The van der Waals surface area contributed by atoms with Crippen LogP contribution in [0.1, 0.15) is 4.88 Å². The number of methoxy groups -OCH3 is 2. The summed E-state index contributed by atoms with van der Waals surface area (Å²) in [4.78, 5) is 1.61. The van der Waals surface area contributed by atoms with Crippen molar-refractivity contribution in [3.63, 3.8) is 0 Å². The smallest absolute Gasteiger partial charge is 0.182 e. The van der Waals surface area contributed by atoms with Crippen LogP contribution in [0, 0.1) is 12.3 Å². The molecule has 0 saturated carbocycles. The number of nitrogens with one attached hydrogen (secondary N) is 1. The van der Waals surface area contributed by atoms with Gasteiger partial charge in [0.1, 0.15) is 11.5 Å². The molecule has 0 atom stereocenters. The molecule has 2 aromatic rings. The van der Waals surface area contributed by atoms with Crippen LogP contribution in [0.15, 0.2) is 18.2 Å². The molecule has 0 spiro atoms. The highest BCUT2D eigenvalue weighted by Crippen LogP contribution is 2.35. The van der Waals surface area contributed by atoms with Crippen LogP contribution in [0.3, 0.4) is 0 Å². The molecular weight excluding hydrogens is 248 g/mol. The predicted molar refractivity (Wildman–Crippen MR) is 72.4 cm³/mol. The lowest BCUT2D eigenvalue weighted by atomic mass is 10.1. The van der Waals surface area contributed by atoms with Gasteiger partial charge in [-0.2, -0.15) is 0 Å². The van der Waals surface area contributed by atoms with Gasteiger partial charge in [-0.1, -0.05) is 0 Å². The van der Waals surface area contributed by atoms with Gasteiger partial charge in [-0.3, -0.25) is 5.41 Å². The average molecular weight is 264 g/mol. The molecule has 0 saturated heterocycles. The van der Waals surface area contributed by atoms with Crippen molar-refractivity contribution < 1.29 is 9.47 Å². The number of aryl methyl sites for hydroxylation is 1. The van der Waals surface area contributed by atoms with Crippen LogP contribution in [-0.4, -0.2) is 18.8 Å². The van der Waals surface area contributed by atoms with E-state index < -0.39 is 0 Å². The molecule has 1 aromatic heterocycles. The van der Waals surface area contributed by atoms with Crippen molar-refractivity contribution in [3.8, 4) is 22.8 Å². The Morgan fingerprint density at radius 3 is 2.44 bits per heavy atom. The third kappa shape index (κ3) is 2.01. The maximum Gasteiger partial charge on any atom is 0.182 e. The van der Waals surface area contributed by atoms with E-state index in [4.69, 9.17) is 14.9 Å². The van der Waals surface area contributed by atoms with Crippen LogP contribution >= 0.6 is 11.3 Å². The summed E-state index contributed by atoms with van der Waals surface area (Å²) in [6, 6.07) is 5.69. The normalized spacial score (nSPS) is 10.4. The lowest BCUT2D eigenvalue weighted by Crippen LogP contribution is -2.09. The second kappa shape index (κ2) is 4.86. The molecule has 1 aromatic carbocycles. The van der Waals surface area contributed by atoms with Crippen LogP contribution in [-0.2, 0) is 7.05 Å². The van der Waals surface area contributed by atoms with Crippen molar-refractivity contribution >= 4 is 11.3 Å². The van der Waals surface area contributed by atoms with Crippen LogP contribution < -0.4 is 14.3 Å². The molecule has 0 radical (unpaired) electrons. The highest BCUT2D eigenvalue weighted by Gasteiger charge is 2.15. The second-order valence-electron chi connectivity index (χ2n) is 3.94. The Labute approximate surface area is 110 Å². The Morgan fingerprint density at radius 2 is 1.94 bits per heavy atom. The van der Waals surface area contributed by atoms with Crippen LogP contribution in [0.2, 0.25) is 0 Å². The van der Waals surface area contributed by atoms with E-state index >= 15 is 0 Å². The monoisotopic (exact) mass is 264 g/mol. The molecule has 96 valence electrons. The number of nitrogens with zero attached hydrogens (tertiary/aromatic N) is 1. The van der Waals surface area contributed by atoms with E-state index in [-0.39, 0.29) is 0 Å². The maximum absolute atomic E-state index is 7.87. The molecule has 0 aliphatic heterocycles. The zero-order valence-electron chi connectivity index (χ0n) is 10.9. The van der Waals surface area contributed by atoms with Gasteiger partial charge in [0.25, 0.3) is 0 Å². The first kappa shape index (κ1) is 12.7. The summed E-state index contributed by atoms with van der Waals surface area (Å²) >= 11 is 1.46. The SMILES string of the molecule is COc1ccc(OC)c(-c2c(C)sc(=N)n2C)c1. The van der Waals surface area contributed by atoms with Gasteiger partial charge >= 0.3 is 0 Å². The van der Waals surface area contributed by atoms with Crippen LogP contribution in [0.5, 0.6) is 11.5 Å². The molecule has 4 nitrogen and oxygen atoms in total. The summed E-state index contributed by atoms with van der Waals surface area (Å²) < 4.78 is 12.5. The van der Waals surface area contributed by atoms with Crippen LogP contribution in [0.25, 0.3) is 11.3 Å². The van der Waals surface area contributed by atoms with Crippen molar-refractivity contribution in [2.75, 3.05) is 14.2 Å². The molecule has 0 amide bonds. The Morgan fingerprint density at radius 1 is 1.22 bits per heavy atom. The predicted octanol–water partition coefficient (Wildman–Crippen LogP) is 2.56. The molecule has 0 unspecified atom stereocenters. The summed E-state index contributed by atoms with van der Waals surface area (Å²) in [7, 11) is 5.18. The van der Waals surface area contributed by atoms with Crippen molar-refractivity contribution in [1.29, 1.82) is 5.41 Å². The fourth-order valence-corrected chi connectivity index (χ4v) is 2.83. The molecular formula is C13H16N2O2S. The lowest BCUT2D eigenvalue weighted by Gasteiger charge is -2.12. The largest absolute Gasteiger partial charge is 0.497 e. The first-order valence-electron chi connectivity index (χ1n) is 5.52. The molecule has 2 rings (SSSR count). The number of benzene rings is 1. The molecule has 0 aliphatic carbocycles. The van der Waals surface area contributed by atoms with Gasteiger partial charge in [-0.05, 0) is 25.1 Å². The van der Waals surface area contributed by atoms with Crippen molar-refractivity contribution in [3.05, 3.63) is 27.9 Å².